The van der Waals surface area contributed by atoms with E-state index in [2.05, 4.69) is 4.98 Å². The third kappa shape index (κ3) is 2.13. The van der Waals surface area contributed by atoms with E-state index in [1.807, 2.05) is 19.1 Å². The lowest BCUT2D eigenvalue weighted by Gasteiger charge is -2.06. The number of nitrogens with zero attached hydrogens (tertiary/aromatic N) is 1. The van der Waals surface area contributed by atoms with Gasteiger partial charge in [-0.1, -0.05) is 29.3 Å². The smallest absolute Gasteiger partial charge is 0.135 e. The van der Waals surface area contributed by atoms with Crippen molar-refractivity contribution in [3.63, 3.8) is 0 Å². The molecule has 16 heavy (non-hydrogen) atoms. The molecule has 1 aromatic carbocycles. The summed E-state index contributed by atoms with van der Waals surface area (Å²) in [5, 5.41) is 10.1. The molecule has 0 bridgehead atoms. The van der Waals surface area contributed by atoms with Gasteiger partial charge in [0, 0.05) is 29.1 Å². The van der Waals surface area contributed by atoms with Gasteiger partial charge in [0.05, 0.1) is 10.0 Å². The quantitative estimate of drug-likeness (QED) is 0.832. The molecule has 0 spiro atoms. The van der Waals surface area contributed by atoms with Crippen molar-refractivity contribution < 1.29 is 5.11 Å². The summed E-state index contributed by atoms with van der Waals surface area (Å²) in [6.45, 7) is 1.91. The van der Waals surface area contributed by atoms with Gasteiger partial charge in [0.1, 0.15) is 5.75 Å². The minimum absolute atomic E-state index is 0.0181. The number of halogens is 2. The molecule has 2 aromatic rings. The van der Waals surface area contributed by atoms with Crippen LogP contribution in [0.1, 0.15) is 5.69 Å². The monoisotopic (exact) mass is 253 g/mol. The first-order chi connectivity index (χ1) is 7.58. The van der Waals surface area contributed by atoms with E-state index in [-0.39, 0.29) is 10.8 Å². The fraction of sp³-hybridized carbons (Fsp3) is 0.0833. The Morgan fingerprint density at radius 1 is 1.12 bits per heavy atom. The third-order valence-corrected chi connectivity index (χ3v) is 2.87. The van der Waals surface area contributed by atoms with Crippen LogP contribution in [0, 0.1) is 6.92 Å². The Morgan fingerprint density at radius 2 is 1.88 bits per heavy atom. The molecule has 1 N–H and O–H groups in total. The summed E-state index contributed by atoms with van der Waals surface area (Å²) >= 11 is 11.9. The van der Waals surface area contributed by atoms with Gasteiger partial charge in [-0.25, -0.2) is 0 Å². The molecule has 0 saturated carbocycles. The number of phenols is 1. The van der Waals surface area contributed by atoms with E-state index >= 15 is 0 Å². The van der Waals surface area contributed by atoms with Crippen LogP contribution in [0.2, 0.25) is 10.0 Å². The van der Waals surface area contributed by atoms with Crippen LogP contribution < -0.4 is 0 Å². The summed E-state index contributed by atoms with van der Waals surface area (Å²) < 4.78 is 0. The highest BCUT2D eigenvalue weighted by Crippen LogP contribution is 2.35. The largest absolute Gasteiger partial charge is 0.506 e. The van der Waals surface area contributed by atoms with E-state index in [9.17, 15) is 5.11 Å². The number of pyridine rings is 1. The van der Waals surface area contributed by atoms with Gasteiger partial charge >= 0.3 is 0 Å². The first-order valence-electron chi connectivity index (χ1n) is 4.69. The van der Waals surface area contributed by atoms with Crippen LogP contribution in [0.3, 0.4) is 0 Å². The zero-order chi connectivity index (χ0) is 11.7. The second kappa shape index (κ2) is 4.32. The van der Waals surface area contributed by atoms with Crippen molar-refractivity contribution >= 4 is 23.2 Å². The number of aromatic hydroxyl groups is 1. The molecule has 0 aliphatic rings. The zero-order valence-electron chi connectivity index (χ0n) is 8.54. The summed E-state index contributed by atoms with van der Waals surface area (Å²) in [6.07, 6.45) is 1.73. The van der Waals surface area contributed by atoms with Gasteiger partial charge in [0.2, 0.25) is 0 Å². The van der Waals surface area contributed by atoms with E-state index in [0.717, 1.165) is 16.8 Å². The maximum Gasteiger partial charge on any atom is 0.135 e. The van der Waals surface area contributed by atoms with Crippen molar-refractivity contribution in [2.24, 2.45) is 0 Å². The zero-order valence-corrected chi connectivity index (χ0v) is 10.0. The fourth-order valence-corrected chi connectivity index (χ4v) is 1.82. The van der Waals surface area contributed by atoms with Gasteiger partial charge in [-0.2, -0.15) is 0 Å². The molecule has 0 aliphatic heterocycles. The Kier molecular flexibility index (Phi) is 3.03. The number of hydrogen-bond acceptors (Lipinski definition) is 2. The van der Waals surface area contributed by atoms with Gasteiger partial charge < -0.3 is 5.11 Å². The van der Waals surface area contributed by atoms with Crippen molar-refractivity contribution in [1.29, 1.82) is 0 Å². The van der Waals surface area contributed by atoms with Crippen LogP contribution in [0.5, 0.6) is 5.75 Å². The van der Waals surface area contributed by atoms with E-state index in [1.165, 1.54) is 6.07 Å². The number of rotatable bonds is 1. The molecule has 82 valence electrons. The molecule has 0 unspecified atom stereocenters. The molecular weight excluding hydrogens is 245 g/mol. The molecule has 1 aromatic heterocycles. The van der Waals surface area contributed by atoms with Crippen LogP contribution in [-0.4, -0.2) is 10.1 Å². The molecule has 2 nitrogen and oxygen atoms in total. The number of aryl methyl sites for hydroxylation is 1. The van der Waals surface area contributed by atoms with Crippen LogP contribution in [0.25, 0.3) is 11.1 Å². The summed E-state index contributed by atoms with van der Waals surface area (Å²) in [6, 6.07) is 6.87. The fourth-order valence-electron chi connectivity index (χ4n) is 1.38. The summed E-state index contributed by atoms with van der Waals surface area (Å²) in [5.41, 5.74) is 2.57. The van der Waals surface area contributed by atoms with Crippen molar-refractivity contribution in [2.75, 3.05) is 0 Å². The van der Waals surface area contributed by atoms with Gasteiger partial charge in [-0.15, -0.1) is 0 Å². The minimum atomic E-state index is -0.0181. The second-order valence-corrected chi connectivity index (χ2v) is 4.29. The molecule has 0 aliphatic carbocycles. The van der Waals surface area contributed by atoms with Crippen molar-refractivity contribution in [3.8, 4) is 16.9 Å². The molecule has 0 fully saturated rings. The average Bonchev–Trinajstić information content (AvgIpc) is 2.25. The van der Waals surface area contributed by atoms with Crippen molar-refractivity contribution in [1.82, 2.24) is 4.98 Å². The van der Waals surface area contributed by atoms with Crippen LogP contribution >= 0.6 is 23.2 Å². The molecule has 2 rings (SSSR count). The maximum atomic E-state index is 9.38. The Morgan fingerprint density at radius 3 is 2.50 bits per heavy atom. The number of hydrogen-bond donors (Lipinski definition) is 1. The normalized spacial score (nSPS) is 10.4. The van der Waals surface area contributed by atoms with Gasteiger partial charge in [-0.05, 0) is 19.1 Å². The number of phenolic OH excluding ortho intramolecular Hbond substituents is 1. The Hall–Kier alpha value is -1.25. The number of benzene rings is 1. The minimum Gasteiger partial charge on any atom is -0.506 e. The van der Waals surface area contributed by atoms with Crippen LogP contribution in [-0.2, 0) is 0 Å². The summed E-state index contributed by atoms with van der Waals surface area (Å²) in [4.78, 5) is 4.18. The highest BCUT2D eigenvalue weighted by atomic mass is 35.5. The average molecular weight is 254 g/mol. The lowest BCUT2D eigenvalue weighted by Crippen LogP contribution is -1.84. The first kappa shape index (κ1) is 11.2. The van der Waals surface area contributed by atoms with Crippen molar-refractivity contribution in [3.05, 3.63) is 46.2 Å². The summed E-state index contributed by atoms with van der Waals surface area (Å²) in [7, 11) is 0. The summed E-state index contributed by atoms with van der Waals surface area (Å²) in [5.74, 6) is -0.0181. The van der Waals surface area contributed by atoms with Crippen LogP contribution in [0.15, 0.2) is 30.5 Å². The Bertz CT molecular complexity index is 523. The van der Waals surface area contributed by atoms with E-state index in [4.69, 9.17) is 23.2 Å². The van der Waals surface area contributed by atoms with Crippen molar-refractivity contribution in [2.45, 2.75) is 6.92 Å². The number of aromatic nitrogens is 1. The lowest BCUT2D eigenvalue weighted by molar-refractivity contribution is 0.475. The van der Waals surface area contributed by atoms with E-state index < -0.39 is 0 Å². The molecular formula is C12H9Cl2NO. The second-order valence-electron chi connectivity index (χ2n) is 3.47. The highest BCUT2D eigenvalue weighted by Gasteiger charge is 2.08. The molecule has 0 amide bonds. The molecule has 1 heterocycles. The van der Waals surface area contributed by atoms with Gasteiger partial charge in [-0.3, -0.25) is 4.98 Å². The highest BCUT2D eigenvalue weighted by molar-refractivity contribution is 6.36. The molecule has 0 radical (unpaired) electrons. The lowest BCUT2D eigenvalue weighted by atomic mass is 10.1. The topological polar surface area (TPSA) is 33.1 Å². The SMILES string of the molecule is Cc1ccc(-c2cc(Cl)c(O)cc2Cl)cn1. The van der Waals surface area contributed by atoms with E-state index in [1.54, 1.807) is 12.3 Å². The first-order valence-corrected chi connectivity index (χ1v) is 5.44. The standard InChI is InChI=1S/C12H9Cl2NO/c1-7-2-3-8(6-15-7)9-4-11(14)12(16)5-10(9)13/h2-6,16H,1H3. The van der Waals surface area contributed by atoms with Gasteiger partial charge in [0.15, 0.2) is 0 Å². The Labute approximate surface area is 103 Å². The van der Waals surface area contributed by atoms with E-state index in [0.29, 0.717) is 5.02 Å². The predicted octanol–water partition coefficient (Wildman–Crippen LogP) is 4.07. The maximum absolute atomic E-state index is 9.38. The molecule has 4 heteroatoms. The predicted molar refractivity (Wildman–Crippen MR) is 66.1 cm³/mol. The van der Waals surface area contributed by atoms with Crippen LogP contribution in [0.4, 0.5) is 0 Å². The molecule has 0 atom stereocenters. The molecule has 0 saturated heterocycles. The van der Waals surface area contributed by atoms with Gasteiger partial charge in [0.25, 0.3) is 0 Å². The third-order valence-electron chi connectivity index (χ3n) is 2.26. The Balaban J connectivity index is 2.56.